The van der Waals surface area contributed by atoms with E-state index in [4.69, 9.17) is 4.74 Å². The molecule has 2 aliphatic rings. The number of likely N-dealkylation sites (tertiary alicyclic amines) is 1. The molecule has 2 heterocycles. The zero-order chi connectivity index (χ0) is 16.9. The molecule has 0 radical (unpaired) electrons. The average Bonchev–Trinajstić information content (AvgIpc) is 3.02. The number of rotatable bonds is 5. The van der Waals surface area contributed by atoms with Crippen LogP contribution in [0.3, 0.4) is 0 Å². The summed E-state index contributed by atoms with van der Waals surface area (Å²) < 4.78 is 5.48. The molecule has 5 nitrogen and oxygen atoms in total. The molecular formula is C19H28N2O3. The molecular weight excluding hydrogens is 304 g/mol. The Morgan fingerprint density at radius 2 is 1.96 bits per heavy atom. The molecule has 2 N–H and O–H groups in total. The zero-order valence-corrected chi connectivity index (χ0v) is 14.4. The third kappa shape index (κ3) is 4.35. The minimum atomic E-state index is -0.147. The van der Waals surface area contributed by atoms with E-state index in [0.29, 0.717) is 13.2 Å². The van der Waals surface area contributed by atoms with Crippen molar-refractivity contribution < 1.29 is 14.6 Å². The fraction of sp³-hybridized carbons (Fsp3) is 0.632. The summed E-state index contributed by atoms with van der Waals surface area (Å²) in [6.07, 6.45) is 2.37. The van der Waals surface area contributed by atoms with Gasteiger partial charge in [-0.25, -0.2) is 0 Å². The van der Waals surface area contributed by atoms with E-state index in [-0.39, 0.29) is 24.0 Å². The first kappa shape index (κ1) is 17.4. The van der Waals surface area contributed by atoms with Crippen molar-refractivity contribution in [2.75, 3.05) is 19.7 Å². The lowest BCUT2D eigenvalue weighted by Gasteiger charge is -2.30. The molecule has 0 aromatic heterocycles. The molecule has 5 heteroatoms. The Kier molecular flexibility index (Phi) is 5.87. The molecule has 0 spiro atoms. The van der Waals surface area contributed by atoms with E-state index in [1.54, 1.807) is 0 Å². The minimum absolute atomic E-state index is 0.0139. The van der Waals surface area contributed by atoms with E-state index in [1.165, 1.54) is 11.1 Å². The van der Waals surface area contributed by atoms with Crippen molar-refractivity contribution in [2.24, 2.45) is 5.92 Å². The number of amides is 1. The molecule has 0 bridgehead atoms. The first-order valence-corrected chi connectivity index (χ1v) is 9.00. The molecule has 0 aliphatic carbocycles. The van der Waals surface area contributed by atoms with Crippen LogP contribution in [-0.4, -0.2) is 47.8 Å². The number of benzene rings is 1. The Morgan fingerprint density at radius 1 is 1.25 bits per heavy atom. The topological polar surface area (TPSA) is 61.8 Å². The van der Waals surface area contributed by atoms with Gasteiger partial charge in [0.15, 0.2) is 0 Å². The number of aliphatic hydroxyl groups excluding tert-OH is 1. The summed E-state index contributed by atoms with van der Waals surface area (Å²) >= 11 is 0. The van der Waals surface area contributed by atoms with Crippen LogP contribution in [0.5, 0.6) is 0 Å². The Morgan fingerprint density at radius 3 is 2.62 bits per heavy atom. The third-order valence-corrected chi connectivity index (χ3v) is 5.24. The maximum Gasteiger partial charge on any atom is 0.226 e. The quantitative estimate of drug-likeness (QED) is 0.861. The first-order chi connectivity index (χ1) is 11.6. The highest BCUT2D eigenvalue weighted by molar-refractivity contribution is 5.79. The van der Waals surface area contributed by atoms with Crippen molar-refractivity contribution in [1.29, 1.82) is 0 Å². The molecule has 2 aliphatic heterocycles. The van der Waals surface area contributed by atoms with Crippen molar-refractivity contribution in [3.05, 3.63) is 35.4 Å². The maximum atomic E-state index is 12.3. The molecule has 1 aromatic rings. The highest BCUT2D eigenvalue weighted by atomic mass is 16.5. The Bertz CT molecular complexity index is 555. The smallest absolute Gasteiger partial charge is 0.226 e. The molecule has 1 aromatic carbocycles. The molecule has 3 rings (SSSR count). The highest BCUT2D eigenvalue weighted by Crippen LogP contribution is 2.21. The number of carbonyl (C=O) groups is 1. The van der Waals surface area contributed by atoms with Crippen LogP contribution < -0.4 is 5.32 Å². The molecule has 0 saturated carbocycles. The van der Waals surface area contributed by atoms with Gasteiger partial charge in [-0.15, -0.1) is 0 Å². The second-order valence-electron chi connectivity index (χ2n) is 6.96. The summed E-state index contributed by atoms with van der Waals surface area (Å²) in [5.41, 5.74) is 2.42. The van der Waals surface area contributed by atoms with Crippen molar-refractivity contribution in [1.82, 2.24) is 10.2 Å². The molecule has 132 valence electrons. The van der Waals surface area contributed by atoms with Gasteiger partial charge >= 0.3 is 0 Å². The average molecular weight is 332 g/mol. The van der Waals surface area contributed by atoms with Crippen molar-refractivity contribution >= 4 is 5.91 Å². The number of aliphatic hydroxyl groups is 1. The van der Waals surface area contributed by atoms with Gasteiger partial charge in [-0.05, 0) is 37.3 Å². The van der Waals surface area contributed by atoms with Crippen molar-refractivity contribution in [2.45, 2.75) is 51.5 Å². The van der Waals surface area contributed by atoms with E-state index < -0.39 is 0 Å². The lowest BCUT2D eigenvalue weighted by atomic mass is 10.0. The Hall–Kier alpha value is -1.43. The van der Waals surface area contributed by atoms with E-state index in [2.05, 4.69) is 22.3 Å². The fourth-order valence-electron chi connectivity index (χ4n) is 3.59. The van der Waals surface area contributed by atoms with Crippen LogP contribution in [0.15, 0.2) is 24.3 Å². The van der Waals surface area contributed by atoms with Crippen molar-refractivity contribution in [3.63, 3.8) is 0 Å². The first-order valence-electron chi connectivity index (χ1n) is 9.00. The van der Waals surface area contributed by atoms with Crippen LogP contribution in [0.25, 0.3) is 0 Å². The number of ether oxygens (including phenoxy) is 1. The van der Waals surface area contributed by atoms with Crippen LogP contribution in [0.4, 0.5) is 0 Å². The molecule has 1 amide bonds. The maximum absolute atomic E-state index is 12.3. The largest absolute Gasteiger partial charge is 0.393 e. The summed E-state index contributed by atoms with van der Waals surface area (Å²) in [5, 5.41) is 12.7. The number of hydrogen-bond acceptors (Lipinski definition) is 4. The summed E-state index contributed by atoms with van der Waals surface area (Å²) in [6.45, 7) is 5.95. The predicted octanol–water partition coefficient (Wildman–Crippen LogP) is 1.68. The monoisotopic (exact) mass is 332 g/mol. The van der Waals surface area contributed by atoms with Gasteiger partial charge in [-0.3, -0.25) is 9.69 Å². The van der Waals surface area contributed by atoms with Crippen LogP contribution in [0.1, 0.15) is 37.3 Å². The Labute approximate surface area is 144 Å². The molecule has 2 saturated heterocycles. The van der Waals surface area contributed by atoms with Gasteiger partial charge in [0.1, 0.15) is 0 Å². The second kappa shape index (κ2) is 8.10. The van der Waals surface area contributed by atoms with Gasteiger partial charge in [0, 0.05) is 32.8 Å². The molecule has 2 atom stereocenters. The van der Waals surface area contributed by atoms with Gasteiger partial charge in [0.25, 0.3) is 0 Å². The second-order valence-corrected chi connectivity index (χ2v) is 6.96. The normalized spacial score (nSPS) is 25.8. The van der Waals surface area contributed by atoms with E-state index in [9.17, 15) is 9.90 Å². The van der Waals surface area contributed by atoms with Gasteiger partial charge in [-0.1, -0.05) is 24.3 Å². The molecule has 2 unspecified atom stereocenters. The summed E-state index contributed by atoms with van der Waals surface area (Å²) in [5.74, 6) is 0.0663. The lowest BCUT2D eigenvalue weighted by Crippen LogP contribution is -2.36. The molecule has 24 heavy (non-hydrogen) atoms. The van der Waals surface area contributed by atoms with E-state index >= 15 is 0 Å². The summed E-state index contributed by atoms with van der Waals surface area (Å²) in [7, 11) is 0. The van der Waals surface area contributed by atoms with E-state index in [0.717, 1.165) is 38.9 Å². The number of piperidine rings is 1. The van der Waals surface area contributed by atoms with Crippen LogP contribution in [0.2, 0.25) is 0 Å². The number of hydrogen-bond donors (Lipinski definition) is 2. The van der Waals surface area contributed by atoms with Crippen LogP contribution >= 0.6 is 0 Å². The minimum Gasteiger partial charge on any atom is -0.393 e. The lowest BCUT2D eigenvalue weighted by molar-refractivity contribution is -0.126. The summed E-state index contributed by atoms with van der Waals surface area (Å²) in [4.78, 5) is 14.7. The SMILES string of the molecule is CC1OCCC1C(=O)NCc1ccccc1CN1CCC(O)CC1. The van der Waals surface area contributed by atoms with Crippen molar-refractivity contribution in [3.8, 4) is 0 Å². The highest BCUT2D eigenvalue weighted by Gasteiger charge is 2.30. The predicted molar refractivity (Wildman–Crippen MR) is 92.3 cm³/mol. The van der Waals surface area contributed by atoms with Crippen LogP contribution in [-0.2, 0) is 22.6 Å². The van der Waals surface area contributed by atoms with Gasteiger partial charge in [-0.2, -0.15) is 0 Å². The zero-order valence-electron chi connectivity index (χ0n) is 14.4. The summed E-state index contributed by atoms with van der Waals surface area (Å²) in [6, 6.07) is 8.29. The molecule has 2 fully saturated rings. The number of nitrogens with zero attached hydrogens (tertiary/aromatic N) is 1. The standard InChI is InChI=1S/C19H28N2O3/c1-14-18(8-11-24-14)19(23)20-12-15-4-2-3-5-16(15)13-21-9-6-17(22)7-10-21/h2-5,14,17-18,22H,6-13H2,1H3,(H,20,23). The van der Waals surface area contributed by atoms with Gasteiger partial charge in [0.05, 0.1) is 18.1 Å². The number of carbonyl (C=O) groups excluding carboxylic acids is 1. The fourth-order valence-corrected chi connectivity index (χ4v) is 3.59. The Balaban J connectivity index is 1.56. The third-order valence-electron chi connectivity index (χ3n) is 5.24. The van der Waals surface area contributed by atoms with Gasteiger partial charge in [0.2, 0.25) is 5.91 Å². The van der Waals surface area contributed by atoms with Crippen LogP contribution in [0, 0.1) is 5.92 Å². The number of nitrogens with one attached hydrogen (secondary N) is 1. The van der Waals surface area contributed by atoms with Gasteiger partial charge < -0.3 is 15.2 Å². The van der Waals surface area contributed by atoms with E-state index in [1.807, 2.05) is 19.1 Å².